The first-order chi connectivity index (χ1) is 7.47. The first kappa shape index (κ1) is 13.5. The molecule has 0 bridgehead atoms. The zero-order chi connectivity index (χ0) is 12.2. The molecule has 0 aromatic carbocycles. The van der Waals surface area contributed by atoms with Gasteiger partial charge in [-0.25, -0.2) is 0 Å². The second-order valence-corrected chi connectivity index (χ2v) is 5.40. The summed E-state index contributed by atoms with van der Waals surface area (Å²) in [5.74, 6) is 0.622. The number of hydrogen-bond acceptors (Lipinski definition) is 2. The van der Waals surface area contributed by atoms with Gasteiger partial charge in [-0.2, -0.15) is 0 Å². The molecule has 0 aromatic rings. The predicted octanol–water partition coefficient (Wildman–Crippen LogP) is 2.19. The summed E-state index contributed by atoms with van der Waals surface area (Å²) < 4.78 is 0. The van der Waals surface area contributed by atoms with Crippen LogP contribution in [0.3, 0.4) is 0 Å². The van der Waals surface area contributed by atoms with Crippen molar-refractivity contribution in [3.63, 3.8) is 0 Å². The van der Waals surface area contributed by atoms with E-state index >= 15 is 0 Å². The van der Waals surface area contributed by atoms with Gasteiger partial charge in [0.15, 0.2) is 0 Å². The third kappa shape index (κ3) is 3.78. The highest BCUT2D eigenvalue weighted by atomic mass is 16.3. The second kappa shape index (κ2) is 5.67. The lowest BCUT2D eigenvalue weighted by atomic mass is 9.97. The van der Waals surface area contributed by atoms with Crippen molar-refractivity contribution in [3.05, 3.63) is 0 Å². The van der Waals surface area contributed by atoms with Gasteiger partial charge in [0.2, 0.25) is 5.91 Å². The lowest BCUT2D eigenvalue weighted by molar-refractivity contribution is -0.135. The molecular formula is C13H25NO2. The summed E-state index contributed by atoms with van der Waals surface area (Å²) in [6.45, 7) is 5.08. The minimum absolute atomic E-state index is 0.0877. The summed E-state index contributed by atoms with van der Waals surface area (Å²) >= 11 is 0. The molecule has 0 aliphatic heterocycles. The van der Waals surface area contributed by atoms with Crippen molar-refractivity contribution in [1.82, 2.24) is 4.90 Å². The van der Waals surface area contributed by atoms with Crippen molar-refractivity contribution < 1.29 is 9.90 Å². The molecule has 1 atom stereocenters. The molecule has 94 valence electrons. The summed E-state index contributed by atoms with van der Waals surface area (Å²) in [6.07, 6.45) is 5.07. The highest BCUT2D eigenvalue weighted by Crippen LogP contribution is 2.32. The van der Waals surface area contributed by atoms with Crippen LogP contribution in [0, 0.1) is 5.92 Å². The highest BCUT2D eigenvalue weighted by Gasteiger charge is 2.34. The van der Waals surface area contributed by atoms with Crippen molar-refractivity contribution in [1.29, 1.82) is 0 Å². The molecule has 1 rings (SSSR count). The van der Waals surface area contributed by atoms with Crippen molar-refractivity contribution in [2.45, 2.75) is 58.0 Å². The van der Waals surface area contributed by atoms with Crippen LogP contribution in [-0.2, 0) is 4.79 Å². The van der Waals surface area contributed by atoms with Crippen LogP contribution in [0.2, 0.25) is 0 Å². The quantitative estimate of drug-likeness (QED) is 0.782. The SMILES string of the molecule is CCC(C)CN(C)C(=O)CC1(O)CCCC1. The fourth-order valence-corrected chi connectivity index (χ4v) is 2.32. The zero-order valence-corrected chi connectivity index (χ0v) is 10.8. The lowest BCUT2D eigenvalue weighted by Gasteiger charge is -2.26. The Morgan fingerprint density at radius 3 is 2.50 bits per heavy atom. The minimum atomic E-state index is -0.708. The lowest BCUT2D eigenvalue weighted by Crippen LogP contribution is -2.37. The van der Waals surface area contributed by atoms with Crippen molar-refractivity contribution in [2.24, 2.45) is 5.92 Å². The molecule has 1 saturated carbocycles. The van der Waals surface area contributed by atoms with Crippen LogP contribution in [0.1, 0.15) is 52.4 Å². The number of carbonyl (C=O) groups excluding carboxylic acids is 1. The van der Waals surface area contributed by atoms with Crippen LogP contribution in [0.25, 0.3) is 0 Å². The minimum Gasteiger partial charge on any atom is -0.389 e. The molecule has 0 heterocycles. The number of rotatable bonds is 5. The van der Waals surface area contributed by atoms with Crippen molar-refractivity contribution in [2.75, 3.05) is 13.6 Å². The van der Waals surface area contributed by atoms with Gasteiger partial charge in [-0.1, -0.05) is 33.1 Å². The van der Waals surface area contributed by atoms with Crippen molar-refractivity contribution >= 4 is 5.91 Å². The van der Waals surface area contributed by atoms with Gasteiger partial charge in [0.05, 0.1) is 12.0 Å². The van der Waals surface area contributed by atoms with E-state index in [9.17, 15) is 9.90 Å². The molecule has 0 radical (unpaired) electrons. The van der Waals surface area contributed by atoms with Crippen molar-refractivity contribution in [3.8, 4) is 0 Å². The molecule has 16 heavy (non-hydrogen) atoms. The predicted molar refractivity (Wildman–Crippen MR) is 65.1 cm³/mol. The largest absolute Gasteiger partial charge is 0.389 e. The smallest absolute Gasteiger partial charge is 0.225 e. The maximum Gasteiger partial charge on any atom is 0.225 e. The normalized spacial score (nSPS) is 20.8. The monoisotopic (exact) mass is 227 g/mol. The van der Waals surface area contributed by atoms with Crippen LogP contribution in [0.4, 0.5) is 0 Å². The number of hydrogen-bond donors (Lipinski definition) is 1. The van der Waals surface area contributed by atoms with Crippen LogP contribution in [0.5, 0.6) is 0 Å². The second-order valence-electron chi connectivity index (χ2n) is 5.40. The molecule has 1 unspecified atom stereocenters. The number of aliphatic hydroxyl groups is 1. The Labute approximate surface area is 98.8 Å². The maximum absolute atomic E-state index is 11.9. The van der Waals surface area contributed by atoms with E-state index in [1.54, 1.807) is 4.90 Å². The van der Waals surface area contributed by atoms with Crippen LogP contribution >= 0.6 is 0 Å². The molecule has 0 aromatic heterocycles. The van der Waals surface area contributed by atoms with Crippen LogP contribution in [0.15, 0.2) is 0 Å². The van der Waals surface area contributed by atoms with Gasteiger partial charge in [0, 0.05) is 13.6 Å². The summed E-state index contributed by atoms with van der Waals surface area (Å²) in [5, 5.41) is 10.2. The molecule has 3 nitrogen and oxygen atoms in total. The Bertz CT molecular complexity index is 234. The summed E-state index contributed by atoms with van der Waals surface area (Å²) in [4.78, 5) is 13.7. The van der Waals surface area contributed by atoms with E-state index < -0.39 is 5.60 Å². The first-order valence-corrected chi connectivity index (χ1v) is 6.43. The Hall–Kier alpha value is -0.570. The Kier molecular flexibility index (Phi) is 4.78. The average molecular weight is 227 g/mol. The standard InChI is InChI=1S/C13H25NO2/c1-4-11(2)10-14(3)12(15)9-13(16)7-5-6-8-13/h11,16H,4-10H2,1-3H3. The highest BCUT2D eigenvalue weighted by molar-refractivity contribution is 5.77. The topological polar surface area (TPSA) is 40.5 Å². The van der Waals surface area contributed by atoms with E-state index in [2.05, 4.69) is 13.8 Å². The molecule has 1 aliphatic rings. The third-order valence-corrected chi connectivity index (χ3v) is 3.72. The fourth-order valence-electron chi connectivity index (χ4n) is 2.32. The van der Waals surface area contributed by atoms with E-state index in [0.29, 0.717) is 12.3 Å². The summed E-state index contributed by atoms with van der Waals surface area (Å²) in [6, 6.07) is 0. The molecule has 1 amide bonds. The molecule has 3 heteroatoms. The molecule has 0 spiro atoms. The number of nitrogens with zero attached hydrogens (tertiary/aromatic N) is 1. The average Bonchev–Trinajstić information content (AvgIpc) is 2.64. The number of amides is 1. The molecule has 1 N–H and O–H groups in total. The van der Waals surface area contributed by atoms with Gasteiger partial charge in [-0.3, -0.25) is 4.79 Å². The summed E-state index contributed by atoms with van der Waals surface area (Å²) in [7, 11) is 1.84. The Balaban J connectivity index is 2.39. The third-order valence-electron chi connectivity index (χ3n) is 3.72. The van der Waals surface area contributed by atoms with Gasteiger partial charge < -0.3 is 10.0 Å². The summed E-state index contributed by atoms with van der Waals surface area (Å²) in [5.41, 5.74) is -0.708. The molecule has 1 aliphatic carbocycles. The molecule has 0 saturated heterocycles. The Morgan fingerprint density at radius 1 is 1.44 bits per heavy atom. The van der Waals surface area contributed by atoms with Gasteiger partial charge in [-0.05, 0) is 18.8 Å². The van der Waals surface area contributed by atoms with E-state index in [4.69, 9.17) is 0 Å². The Morgan fingerprint density at radius 2 is 2.00 bits per heavy atom. The first-order valence-electron chi connectivity index (χ1n) is 6.43. The zero-order valence-electron chi connectivity index (χ0n) is 10.8. The van der Waals surface area contributed by atoms with E-state index in [0.717, 1.165) is 38.6 Å². The maximum atomic E-state index is 11.9. The van der Waals surface area contributed by atoms with E-state index in [1.807, 2.05) is 7.05 Å². The van der Waals surface area contributed by atoms with Gasteiger partial charge in [0.25, 0.3) is 0 Å². The van der Waals surface area contributed by atoms with Gasteiger partial charge in [-0.15, -0.1) is 0 Å². The fraction of sp³-hybridized carbons (Fsp3) is 0.923. The van der Waals surface area contributed by atoms with Gasteiger partial charge in [0.1, 0.15) is 0 Å². The van der Waals surface area contributed by atoms with E-state index in [1.165, 1.54) is 0 Å². The van der Waals surface area contributed by atoms with E-state index in [-0.39, 0.29) is 5.91 Å². The number of carbonyl (C=O) groups is 1. The molecule has 1 fully saturated rings. The molecular weight excluding hydrogens is 202 g/mol. The van der Waals surface area contributed by atoms with Gasteiger partial charge >= 0.3 is 0 Å². The van der Waals surface area contributed by atoms with Crippen LogP contribution < -0.4 is 0 Å². The van der Waals surface area contributed by atoms with Crippen LogP contribution in [-0.4, -0.2) is 35.1 Å².